The van der Waals surface area contributed by atoms with Crippen LogP contribution in [0.25, 0.3) is 0 Å². The number of thioether (sulfide) groups is 1. The number of amides is 2. The highest BCUT2D eigenvalue weighted by atomic mass is 32.2. The molecule has 19 heavy (non-hydrogen) atoms. The molecule has 0 radical (unpaired) electrons. The number of halogens is 1. The minimum atomic E-state index is -0.876. The summed E-state index contributed by atoms with van der Waals surface area (Å²) in [5.74, 6) is -0.332. The summed E-state index contributed by atoms with van der Waals surface area (Å²) < 4.78 is 17.9. The van der Waals surface area contributed by atoms with Gasteiger partial charge in [-0.05, 0) is 30.7 Å². The first-order valence-corrected chi connectivity index (χ1v) is 6.50. The lowest BCUT2D eigenvalue weighted by molar-refractivity contribution is -0.119. The third kappa shape index (κ3) is 3.93. The maximum Gasteiger partial charge on any atom is 0.286 e. The van der Waals surface area contributed by atoms with Crippen LogP contribution in [0.3, 0.4) is 0 Å². The van der Waals surface area contributed by atoms with Gasteiger partial charge in [-0.25, -0.2) is 4.39 Å². The molecule has 1 aliphatic heterocycles. The number of ether oxygens (including phenoxy) is 1. The monoisotopic (exact) mass is 285 g/mol. The van der Waals surface area contributed by atoms with Crippen LogP contribution in [0.1, 0.15) is 6.42 Å². The number of carbonyl (C=O) groups is 2. The van der Waals surface area contributed by atoms with Crippen molar-refractivity contribution in [3.8, 4) is 5.75 Å². The van der Waals surface area contributed by atoms with E-state index in [9.17, 15) is 19.1 Å². The summed E-state index contributed by atoms with van der Waals surface area (Å²) in [4.78, 5) is 22.2. The SMILES string of the molecule is O=C1NC(=O)C(CC(O)COc2ccc(F)cc2)S1. The van der Waals surface area contributed by atoms with E-state index in [1.54, 1.807) is 0 Å². The van der Waals surface area contributed by atoms with Crippen LogP contribution in [-0.2, 0) is 4.79 Å². The van der Waals surface area contributed by atoms with Gasteiger partial charge in [0.1, 0.15) is 18.2 Å². The highest BCUT2D eigenvalue weighted by molar-refractivity contribution is 8.15. The molecule has 2 N–H and O–H groups in total. The summed E-state index contributed by atoms with van der Waals surface area (Å²) in [6.07, 6.45) is -0.747. The smallest absolute Gasteiger partial charge is 0.286 e. The summed E-state index contributed by atoms with van der Waals surface area (Å²) in [6, 6.07) is 5.40. The predicted molar refractivity (Wildman–Crippen MR) is 67.4 cm³/mol. The van der Waals surface area contributed by atoms with Crippen LogP contribution < -0.4 is 10.1 Å². The van der Waals surface area contributed by atoms with Crippen molar-refractivity contribution in [3.63, 3.8) is 0 Å². The Kier molecular flexibility index (Phi) is 4.39. The van der Waals surface area contributed by atoms with Gasteiger partial charge < -0.3 is 9.84 Å². The second-order valence-corrected chi connectivity index (χ2v) is 5.21. The number of nitrogens with one attached hydrogen (secondary N) is 1. The minimum Gasteiger partial charge on any atom is -0.491 e. The highest BCUT2D eigenvalue weighted by Gasteiger charge is 2.33. The highest BCUT2D eigenvalue weighted by Crippen LogP contribution is 2.23. The van der Waals surface area contributed by atoms with Crippen LogP contribution in [0.5, 0.6) is 5.75 Å². The fraction of sp³-hybridized carbons (Fsp3) is 0.333. The molecule has 0 aliphatic carbocycles. The standard InChI is InChI=1S/C12H12FNO4S/c13-7-1-3-9(4-2-7)18-6-8(15)5-10-11(16)14-12(17)19-10/h1-4,8,10,15H,5-6H2,(H,14,16,17). The van der Waals surface area contributed by atoms with E-state index >= 15 is 0 Å². The lowest BCUT2D eigenvalue weighted by Crippen LogP contribution is -2.29. The Morgan fingerprint density at radius 1 is 1.37 bits per heavy atom. The number of hydrogen-bond donors (Lipinski definition) is 2. The summed E-state index contributed by atoms with van der Waals surface area (Å²) in [5, 5.41) is 10.9. The van der Waals surface area contributed by atoms with E-state index in [2.05, 4.69) is 5.32 Å². The molecule has 0 saturated carbocycles. The minimum absolute atomic E-state index is 0.0236. The van der Waals surface area contributed by atoms with Gasteiger partial charge in [-0.15, -0.1) is 0 Å². The molecule has 2 rings (SSSR count). The second-order valence-electron chi connectivity index (χ2n) is 4.04. The molecular weight excluding hydrogens is 273 g/mol. The molecule has 0 bridgehead atoms. The van der Waals surface area contributed by atoms with Gasteiger partial charge in [0, 0.05) is 0 Å². The molecular formula is C12H12FNO4S. The van der Waals surface area contributed by atoms with Crippen molar-refractivity contribution in [2.45, 2.75) is 17.8 Å². The molecule has 1 fully saturated rings. The zero-order valence-corrected chi connectivity index (χ0v) is 10.7. The van der Waals surface area contributed by atoms with Crippen LogP contribution in [-0.4, -0.2) is 34.2 Å². The molecule has 1 aromatic carbocycles. The quantitative estimate of drug-likeness (QED) is 0.853. The Hall–Kier alpha value is -1.60. The molecule has 7 heteroatoms. The van der Waals surface area contributed by atoms with E-state index in [0.29, 0.717) is 5.75 Å². The van der Waals surface area contributed by atoms with Gasteiger partial charge in [0.15, 0.2) is 0 Å². The summed E-state index contributed by atoms with van der Waals surface area (Å²) in [6.45, 7) is -0.0236. The molecule has 2 amide bonds. The maximum atomic E-state index is 12.7. The molecule has 1 saturated heterocycles. The van der Waals surface area contributed by atoms with Crippen molar-refractivity contribution in [1.82, 2.24) is 5.32 Å². The topological polar surface area (TPSA) is 75.6 Å². The molecule has 102 valence electrons. The molecule has 1 aliphatic rings. The predicted octanol–water partition coefficient (Wildman–Crippen LogP) is 1.31. The number of carbonyl (C=O) groups excluding carboxylic acids is 2. The fourth-order valence-corrected chi connectivity index (χ4v) is 2.49. The molecule has 0 aromatic heterocycles. The fourth-order valence-electron chi connectivity index (χ4n) is 1.59. The van der Waals surface area contributed by atoms with Crippen LogP contribution in [0.15, 0.2) is 24.3 Å². The largest absolute Gasteiger partial charge is 0.491 e. The van der Waals surface area contributed by atoms with Gasteiger partial charge in [-0.2, -0.15) is 0 Å². The Bertz CT molecular complexity index is 479. The number of aliphatic hydroxyl groups is 1. The number of benzene rings is 1. The maximum absolute atomic E-state index is 12.7. The van der Waals surface area contributed by atoms with Crippen molar-refractivity contribution in [1.29, 1.82) is 0 Å². The van der Waals surface area contributed by atoms with Crippen LogP contribution in [0.4, 0.5) is 9.18 Å². The second kappa shape index (κ2) is 6.03. The lowest BCUT2D eigenvalue weighted by Gasteiger charge is -2.14. The summed E-state index contributed by atoms with van der Waals surface area (Å²) in [5.41, 5.74) is 0. The van der Waals surface area contributed by atoms with Crippen molar-refractivity contribution < 1.29 is 23.8 Å². The van der Waals surface area contributed by atoms with E-state index in [1.165, 1.54) is 24.3 Å². The number of hydrogen-bond acceptors (Lipinski definition) is 5. The zero-order chi connectivity index (χ0) is 13.8. The Labute approximate surface area is 113 Å². The Balaban J connectivity index is 1.78. The number of aliphatic hydroxyl groups excluding tert-OH is 1. The first-order chi connectivity index (χ1) is 9.04. The summed E-state index contributed by atoms with van der Waals surface area (Å²) in [7, 11) is 0. The Morgan fingerprint density at radius 2 is 2.05 bits per heavy atom. The number of rotatable bonds is 5. The molecule has 5 nitrogen and oxygen atoms in total. The van der Waals surface area contributed by atoms with Crippen molar-refractivity contribution in [2.24, 2.45) is 0 Å². The normalized spacial score (nSPS) is 20.2. The van der Waals surface area contributed by atoms with Gasteiger partial charge in [0.05, 0.1) is 11.4 Å². The molecule has 1 heterocycles. The van der Waals surface area contributed by atoms with Crippen LogP contribution >= 0.6 is 11.8 Å². The van der Waals surface area contributed by atoms with Gasteiger partial charge in [-0.3, -0.25) is 14.9 Å². The van der Waals surface area contributed by atoms with Crippen molar-refractivity contribution in [2.75, 3.05) is 6.61 Å². The van der Waals surface area contributed by atoms with Gasteiger partial charge >= 0.3 is 0 Å². The van der Waals surface area contributed by atoms with Gasteiger partial charge in [0.2, 0.25) is 5.91 Å². The lowest BCUT2D eigenvalue weighted by atomic mass is 10.2. The van der Waals surface area contributed by atoms with Crippen LogP contribution in [0, 0.1) is 5.82 Å². The van der Waals surface area contributed by atoms with E-state index < -0.39 is 22.5 Å². The first kappa shape index (κ1) is 13.8. The Morgan fingerprint density at radius 3 is 2.63 bits per heavy atom. The van der Waals surface area contributed by atoms with E-state index in [4.69, 9.17) is 4.74 Å². The van der Waals surface area contributed by atoms with E-state index in [0.717, 1.165) is 11.8 Å². The molecule has 1 aromatic rings. The summed E-state index contributed by atoms with van der Waals surface area (Å²) >= 11 is 0.861. The van der Waals surface area contributed by atoms with E-state index in [1.807, 2.05) is 0 Å². The van der Waals surface area contributed by atoms with Crippen molar-refractivity contribution in [3.05, 3.63) is 30.1 Å². The number of imide groups is 1. The third-order valence-electron chi connectivity index (χ3n) is 2.51. The van der Waals surface area contributed by atoms with Crippen LogP contribution in [0.2, 0.25) is 0 Å². The average molecular weight is 285 g/mol. The molecule has 0 spiro atoms. The van der Waals surface area contributed by atoms with Crippen molar-refractivity contribution >= 4 is 22.9 Å². The molecule has 2 atom stereocenters. The van der Waals surface area contributed by atoms with E-state index in [-0.39, 0.29) is 18.8 Å². The first-order valence-electron chi connectivity index (χ1n) is 5.62. The molecule has 2 unspecified atom stereocenters. The average Bonchev–Trinajstić information content (AvgIpc) is 2.67. The van der Waals surface area contributed by atoms with Gasteiger partial charge in [0.25, 0.3) is 5.24 Å². The van der Waals surface area contributed by atoms with Gasteiger partial charge in [-0.1, -0.05) is 11.8 Å². The zero-order valence-electron chi connectivity index (χ0n) is 9.84. The third-order valence-corrected chi connectivity index (χ3v) is 3.52.